The predicted octanol–water partition coefficient (Wildman–Crippen LogP) is 2.00. The van der Waals surface area contributed by atoms with Gasteiger partial charge in [0.1, 0.15) is 5.75 Å². The fraction of sp³-hybridized carbons (Fsp3) is 0.571. The van der Waals surface area contributed by atoms with Gasteiger partial charge in [-0.15, -0.1) is 0 Å². The van der Waals surface area contributed by atoms with E-state index in [0.29, 0.717) is 6.04 Å². The maximum Gasteiger partial charge on any atom is 0.115 e. The normalized spacial score (nSPS) is 18.4. The monoisotopic (exact) mass is 235 g/mol. The van der Waals surface area contributed by atoms with Crippen molar-refractivity contribution in [2.24, 2.45) is 0 Å². The van der Waals surface area contributed by atoms with Gasteiger partial charge in [-0.1, -0.05) is 25.0 Å². The molecule has 0 aromatic heterocycles. The highest BCUT2D eigenvalue weighted by Crippen LogP contribution is 2.21. The number of phenols is 1. The van der Waals surface area contributed by atoms with E-state index in [9.17, 15) is 10.2 Å². The molecular formula is C14H21NO2. The molecule has 3 nitrogen and oxygen atoms in total. The maximum atomic E-state index is 9.42. The summed E-state index contributed by atoms with van der Waals surface area (Å²) >= 11 is 0. The van der Waals surface area contributed by atoms with Crippen LogP contribution in [0.1, 0.15) is 37.2 Å². The zero-order valence-corrected chi connectivity index (χ0v) is 10.1. The Labute approximate surface area is 102 Å². The van der Waals surface area contributed by atoms with Gasteiger partial charge in [-0.3, -0.25) is 0 Å². The lowest BCUT2D eigenvalue weighted by Crippen LogP contribution is -2.31. The SMILES string of the molecule is OCC(CNC1CCCC1)c1ccc(O)cc1. The first kappa shape index (κ1) is 12.4. The summed E-state index contributed by atoms with van der Waals surface area (Å²) in [6.07, 6.45) is 5.16. The van der Waals surface area contributed by atoms with Crippen LogP contribution in [0.4, 0.5) is 0 Å². The Kier molecular flexibility index (Phi) is 4.40. The van der Waals surface area contributed by atoms with E-state index >= 15 is 0 Å². The van der Waals surface area contributed by atoms with Crippen molar-refractivity contribution in [1.29, 1.82) is 0 Å². The third-order valence-corrected chi connectivity index (χ3v) is 3.59. The minimum Gasteiger partial charge on any atom is -0.508 e. The molecule has 3 heteroatoms. The van der Waals surface area contributed by atoms with Crippen LogP contribution >= 0.6 is 0 Å². The Morgan fingerprint density at radius 2 is 1.82 bits per heavy atom. The number of nitrogens with one attached hydrogen (secondary N) is 1. The second kappa shape index (κ2) is 6.03. The van der Waals surface area contributed by atoms with Crippen LogP contribution in [0.15, 0.2) is 24.3 Å². The molecule has 0 bridgehead atoms. The Hall–Kier alpha value is -1.06. The van der Waals surface area contributed by atoms with Gasteiger partial charge in [0.2, 0.25) is 0 Å². The lowest BCUT2D eigenvalue weighted by molar-refractivity contribution is 0.258. The molecule has 1 aliphatic rings. The van der Waals surface area contributed by atoms with Crippen LogP contribution in [0.25, 0.3) is 0 Å². The molecule has 1 aromatic rings. The smallest absolute Gasteiger partial charge is 0.115 e. The van der Waals surface area contributed by atoms with Crippen molar-refractivity contribution in [3.8, 4) is 5.75 Å². The van der Waals surface area contributed by atoms with Gasteiger partial charge in [0, 0.05) is 18.5 Å². The minimum absolute atomic E-state index is 0.121. The average molecular weight is 235 g/mol. The van der Waals surface area contributed by atoms with Gasteiger partial charge in [0.25, 0.3) is 0 Å². The summed E-state index contributed by atoms with van der Waals surface area (Å²) in [7, 11) is 0. The minimum atomic E-state index is 0.121. The Balaban J connectivity index is 1.89. The van der Waals surface area contributed by atoms with Crippen molar-refractivity contribution in [3.05, 3.63) is 29.8 Å². The van der Waals surface area contributed by atoms with Crippen LogP contribution in [0.2, 0.25) is 0 Å². The van der Waals surface area contributed by atoms with Crippen LogP contribution in [0.3, 0.4) is 0 Å². The van der Waals surface area contributed by atoms with E-state index in [1.807, 2.05) is 12.1 Å². The van der Waals surface area contributed by atoms with E-state index in [1.54, 1.807) is 12.1 Å². The average Bonchev–Trinajstić information content (AvgIpc) is 2.85. The second-order valence-corrected chi connectivity index (χ2v) is 4.86. The molecule has 94 valence electrons. The molecule has 1 unspecified atom stereocenters. The molecule has 2 rings (SSSR count). The number of rotatable bonds is 5. The molecule has 0 saturated heterocycles. The van der Waals surface area contributed by atoms with E-state index in [4.69, 9.17) is 0 Å². The lowest BCUT2D eigenvalue weighted by atomic mass is 9.99. The fourth-order valence-electron chi connectivity index (χ4n) is 2.47. The van der Waals surface area contributed by atoms with Gasteiger partial charge in [0.15, 0.2) is 0 Å². The van der Waals surface area contributed by atoms with Gasteiger partial charge in [0.05, 0.1) is 6.61 Å². The first-order valence-corrected chi connectivity index (χ1v) is 6.43. The number of aliphatic hydroxyl groups excluding tert-OH is 1. The largest absolute Gasteiger partial charge is 0.508 e. The highest BCUT2D eigenvalue weighted by molar-refractivity contribution is 5.28. The molecule has 3 N–H and O–H groups in total. The van der Waals surface area contributed by atoms with E-state index in [2.05, 4.69) is 5.32 Å². The highest BCUT2D eigenvalue weighted by Gasteiger charge is 2.17. The first-order chi connectivity index (χ1) is 8.29. The highest BCUT2D eigenvalue weighted by atomic mass is 16.3. The van der Waals surface area contributed by atoms with Crippen molar-refractivity contribution in [1.82, 2.24) is 5.32 Å². The van der Waals surface area contributed by atoms with Crippen molar-refractivity contribution < 1.29 is 10.2 Å². The molecule has 0 heterocycles. The topological polar surface area (TPSA) is 52.5 Å². The molecule has 1 aromatic carbocycles. The van der Waals surface area contributed by atoms with Gasteiger partial charge < -0.3 is 15.5 Å². The molecule has 17 heavy (non-hydrogen) atoms. The molecular weight excluding hydrogens is 214 g/mol. The van der Waals surface area contributed by atoms with Crippen LogP contribution in [0.5, 0.6) is 5.75 Å². The molecule has 0 spiro atoms. The number of phenolic OH excluding ortho intramolecular Hbond substituents is 1. The molecule has 0 amide bonds. The predicted molar refractivity (Wildman–Crippen MR) is 68.2 cm³/mol. The van der Waals surface area contributed by atoms with Crippen molar-refractivity contribution in [2.45, 2.75) is 37.6 Å². The van der Waals surface area contributed by atoms with E-state index < -0.39 is 0 Å². The summed E-state index contributed by atoms with van der Waals surface area (Å²) < 4.78 is 0. The summed E-state index contributed by atoms with van der Waals surface area (Å²) in [6.45, 7) is 0.955. The van der Waals surface area contributed by atoms with Gasteiger partial charge in [-0.05, 0) is 30.5 Å². The lowest BCUT2D eigenvalue weighted by Gasteiger charge is -2.19. The van der Waals surface area contributed by atoms with Crippen LogP contribution in [0, 0.1) is 0 Å². The summed E-state index contributed by atoms with van der Waals surface area (Å²) in [5, 5.41) is 22.2. The number of hydrogen-bond acceptors (Lipinski definition) is 3. The van der Waals surface area contributed by atoms with E-state index in [0.717, 1.165) is 12.1 Å². The van der Waals surface area contributed by atoms with Crippen LogP contribution < -0.4 is 5.32 Å². The summed E-state index contributed by atoms with van der Waals surface area (Å²) in [6, 6.07) is 7.74. The molecule has 1 aliphatic carbocycles. The molecule has 1 atom stereocenters. The molecule has 1 saturated carbocycles. The zero-order valence-electron chi connectivity index (χ0n) is 10.1. The maximum absolute atomic E-state index is 9.42. The summed E-state index contributed by atoms with van der Waals surface area (Å²) in [4.78, 5) is 0. The number of aromatic hydroxyl groups is 1. The number of benzene rings is 1. The zero-order chi connectivity index (χ0) is 12.1. The number of hydrogen-bond donors (Lipinski definition) is 3. The second-order valence-electron chi connectivity index (χ2n) is 4.86. The van der Waals surface area contributed by atoms with Gasteiger partial charge in [-0.2, -0.15) is 0 Å². The van der Waals surface area contributed by atoms with Crippen LogP contribution in [-0.4, -0.2) is 29.4 Å². The Bertz CT molecular complexity index is 331. The van der Waals surface area contributed by atoms with E-state index in [1.165, 1.54) is 25.7 Å². The first-order valence-electron chi connectivity index (χ1n) is 6.43. The quantitative estimate of drug-likeness (QED) is 0.731. The van der Waals surface area contributed by atoms with Crippen molar-refractivity contribution in [2.75, 3.05) is 13.2 Å². The van der Waals surface area contributed by atoms with Crippen molar-refractivity contribution >= 4 is 0 Å². The standard InChI is InChI=1S/C14H21NO2/c16-10-12(9-15-13-3-1-2-4-13)11-5-7-14(17)8-6-11/h5-8,12-13,15-17H,1-4,9-10H2. The Morgan fingerprint density at radius 1 is 1.18 bits per heavy atom. The third kappa shape index (κ3) is 3.45. The molecule has 0 radical (unpaired) electrons. The summed E-state index contributed by atoms with van der Waals surface area (Å²) in [5.74, 6) is 0.394. The third-order valence-electron chi connectivity index (χ3n) is 3.59. The number of aliphatic hydroxyl groups is 1. The fourth-order valence-corrected chi connectivity index (χ4v) is 2.47. The van der Waals surface area contributed by atoms with E-state index in [-0.39, 0.29) is 18.3 Å². The summed E-state index contributed by atoms with van der Waals surface area (Å²) in [5.41, 5.74) is 1.08. The van der Waals surface area contributed by atoms with Gasteiger partial charge >= 0.3 is 0 Å². The molecule has 1 fully saturated rings. The van der Waals surface area contributed by atoms with Crippen molar-refractivity contribution in [3.63, 3.8) is 0 Å². The Morgan fingerprint density at radius 3 is 2.41 bits per heavy atom. The van der Waals surface area contributed by atoms with Gasteiger partial charge in [-0.25, -0.2) is 0 Å². The van der Waals surface area contributed by atoms with Crippen LogP contribution in [-0.2, 0) is 0 Å². The molecule has 0 aliphatic heterocycles.